The number of methoxy groups -OCH3 is 1. The lowest BCUT2D eigenvalue weighted by atomic mass is 9.92. The molecule has 6 heteroatoms. The van der Waals surface area contributed by atoms with Gasteiger partial charge in [0.05, 0.1) is 23.6 Å². The zero-order valence-electron chi connectivity index (χ0n) is 12.8. The van der Waals surface area contributed by atoms with Crippen LogP contribution in [0.2, 0.25) is 0 Å². The zero-order chi connectivity index (χ0) is 16.2. The van der Waals surface area contributed by atoms with Gasteiger partial charge in [-0.15, -0.1) is 0 Å². The molecule has 0 bridgehead atoms. The van der Waals surface area contributed by atoms with Crippen LogP contribution in [0.15, 0.2) is 18.2 Å². The van der Waals surface area contributed by atoms with Gasteiger partial charge in [0, 0.05) is 7.11 Å². The second-order valence-electron chi connectivity index (χ2n) is 5.65. The highest BCUT2D eigenvalue weighted by molar-refractivity contribution is 5.95. The van der Waals surface area contributed by atoms with Crippen molar-refractivity contribution in [1.82, 2.24) is 5.32 Å². The SMILES string of the molecule is COCC(C)(C)C(=O)NC(C)c1ccc(O)c(C(N)=O)c1. The van der Waals surface area contributed by atoms with E-state index in [0.717, 1.165) is 0 Å². The van der Waals surface area contributed by atoms with Crippen molar-refractivity contribution in [2.75, 3.05) is 13.7 Å². The van der Waals surface area contributed by atoms with E-state index in [9.17, 15) is 14.7 Å². The van der Waals surface area contributed by atoms with E-state index in [4.69, 9.17) is 10.5 Å². The summed E-state index contributed by atoms with van der Waals surface area (Å²) in [4.78, 5) is 23.4. The normalized spacial score (nSPS) is 12.8. The average molecular weight is 294 g/mol. The minimum absolute atomic E-state index is 0.0322. The molecular formula is C15H22N2O4. The summed E-state index contributed by atoms with van der Waals surface area (Å²) in [6.07, 6.45) is 0. The third-order valence-corrected chi connectivity index (χ3v) is 3.25. The molecule has 0 aliphatic heterocycles. The summed E-state index contributed by atoms with van der Waals surface area (Å²) in [6, 6.07) is 4.17. The maximum atomic E-state index is 12.2. The molecule has 1 rings (SSSR count). The zero-order valence-corrected chi connectivity index (χ0v) is 12.8. The van der Waals surface area contributed by atoms with Crippen LogP contribution in [0.1, 0.15) is 42.7 Å². The molecule has 0 saturated heterocycles. The monoisotopic (exact) mass is 294 g/mol. The minimum atomic E-state index is -0.715. The lowest BCUT2D eigenvalue weighted by molar-refractivity contribution is -0.132. The maximum Gasteiger partial charge on any atom is 0.252 e. The number of amides is 2. The van der Waals surface area contributed by atoms with E-state index in [1.54, 1.807) is 26.8 Å². The van der Waals surface area contributed by atoms with Crippen LogP contribution in [0.4, 0.5) is 0 Å². The van der Waals surface area contributed by atoms with E-state index < -0.39 is 11.3 Å². The molecule has 1 unspecified atom stereocenters. The second kappa shape index (κ2) is 6.58. The molecule has 1 aromatic rings. The van der Waals surface area contributed by atoms with Gasteiger partial charge in [0.2, 0.25) is 5.91 Å². The number of primary amides is 1. The van der Waals surface area contributed by atoms with Crippen LogP contribution in [0.25, 0.3) is 0 Å². The van der Waals surface area contributed by atoms with Crippen LogP contribution in [0, 0.1) is 5.41 Å². The Hall–Kier alpha value is -2.08. The van der Waals surface area contributed by atoms with Crippen LogP contribution < -0.4 is 11.1 Å². The lowest BCUT2D eigenvalue weighted by Gasteiger charge is -2.25. The summed E-state index contributed by atoms with van der Waals surface area (Å²) in [5, 5.41) is 12.4. The molecule has 0 spiro atoms. The van der Waals surface area contributed by atoms with Crippen molar-refractivity contribution in [3.8, 4) is 5.75 Å². The molecule has 2 amide bonds. The fourth-order valence-electron chi connectivity index (χ4n) is 1.92. The third-order valence-electron chi connectivity index (χ3n) is 3.25. The number of nitrogens with one attached hydrogen (secondary N) is 1. The molecule has 0 saturated carbocycles. The number of rotatable bonds is 6. The lowest BCUT2D eigenvalue weighted by Crippen LogP contribution is -2.40. The van der Waals surface area contributed by atoms with Crippen LogP contribution >= 0.6 is 0 Å². The number of aromatic hydroxyl groups is 1. The van der Waals surface area contributed by atoms with Gasteiger partial charge in [-0.2, -0.15) is 0 Å². The topological polar surface area (TPSA) is 102 Å². The number of phenols is 1. The van der Waals surface area contributed by atoms with Gasteiger partial charge in [-0.3, -0.25) is 9.59 Å². The number of hydrogen-bond acceptors (Lipinski definition) is 4. The largest absolute Gasteiger partial charge is 0.507 e. The Morgan fingerprint density at radius 3 is 2.57 bits per heavy atom. The second-order valence-corrected chi connectivity index (χ2v) is 5.65. The van der Waals surface area contributed by atoms with Crippen LogP contribution in [0.5, 0.6) is 5.75 Å². The van der Waals surface area contributed by atoms with E-state index in [1.807, 2.05) is 0 Å². The van der Waals surface area contributed by atoms with Crippen molar-refractivity contribution in [3.05, 3.63) is 29.3 Å². The molecule has 0 aliphatic carbocycles. The molecule has 21 heavy (non-hydrogen) atoms. The number of hydrogen-bond donors (Lipinski definition) is 3. The maximum absolute atomic E-state index is 12.2. The summed E-state index contributed by atoms with van der Waals surface area (Å²) >= 11 is 0. The van der Waals surface area contributed by atoms with E-state index in [1.165, 1.54) is 19.2 Å². The standard InChI is InChI=1S/C15H22N2O4/c1-9(17-14(20)15(2,3)8-21-4)10-5-6-12(18)11(7-10)13(16)19/h5-7,9,18H,8H2,1-4H3,(H2,16,19)(H,17,20). The minimum Gasteiger partial charge on any atom is -0.507 e. The summed E-state index contributed by atoms with van der Waals surface area (Å²) < 4.78 is 5.03. The first-order chi connectivity index (χ1) is 9.69. The Bertz CT molecular complexity index is 540. The average Bonchev–Trinajstić information content (AvgIpc) is 2.38. The van der Waals surface area contributed by atoms with Crippen LogP contribution in [-0.4, -0.2) is 30.6 Å². The highest BCUT2D eigenvalue weighted by atomic mass is 16.5. The first-order valence-corrected chi connectivity index (χ1v) is 6.61. The van der Waals surface area contributed by atoms with Gasteiger partial charge >= 0.3 is 0 Å². The first-order valence-electron chi connectivity index (χ1n) is 6.61. The Balaban J connectivity index is 2.90. The predicted molar refractivity (Wildman–Crippen MR) is 78.8 cm³/mol. The van der Waals surface area contributed by atoms with Gasteiger partial charge in [0.15, 0.2) is 0 Å². The number of benzene rings is 1. The summed E-state index contributed by atoms with van der Waals surface area (Å²) in [5.74, 6) is -1.05. The molecule has 1 aromatic carbocycles. The van der Waals surface area contributed by atoms with Crippen molar-refractivity contribution in [2.45, 2.75) is 26.8 Å². The van der Waals surface area contributed by atoms with Crippen LogP contribution in [-0.2, 0) is 9.53 Å². The number of carbonyl (C=O) groups is 2. The molecule has 6 nitrogen and oxygen atoms in total. The molecule has 4 N–H and O–H groups in total. The summed E-state index contributed by atoms with van der Waals surface area (Å²) in [5.41, 5.74) is 5.25. The first kappa shape index (κ1) is 17.0. The quantitative estimate of drug-likeness (QED) is 0.736. The van der Waals surface area contributed by atoms with E-state index in [-0.39, 0.29) is 23.3 Å². The van der Waals surface area contributed by atoms with Crippen molar-refractivity contribution < 1.29 is 19.4 Å². The van der Waals surface area contributed by atoms with E-state index in [0.29, 0.717) is 12.2 Å². The summed E-state index contributed by atoms with van der Waals surface area (Å²) in [6.45, 7) is 5.65. The van der Waals surface area contributed by atoms with Crippen molar-refractivity contribution in [1.29, 1.82) is 0 Å². The predicted octanol–water partition coefficient (Wildman–Crippen LogP) is 1.34. The van der Waals surface area contributed by atoms with Gasteiger partial charge in [-0.1, -0.05) is 6.07 Å². The van der Waals surface area contributed by atoms with E-state index in [2.05, 4.69) is 5.32 Å². The molecule has 116 valence electrons. The Labute approximate surface area is 124 Å². The fourth-order valence-corrected chi connectivity index (χ4v) is 1.92. The Morgan fingerprint density at radius 2 is 2.05 bits per heavy atom. The molecule has 1 atom stereocenters. The highest BCUT2D eigenvalue weighted by Gasteiger charge is 2.28. The molecule has 0 aromatic heterocycles. The molecular weight excluding hydrogens is 272 g/mol. The van der Waals surface area contributed by atoms with E-state index >= 15 is 0 Å². The van der Waals surface area contributed by atoms with Gasteiger partial charge < -0.3 is 20.9 Å². The van der Waals surface area contributed by atoms with Crippen LogP contribution in [0.3, 0.4) is 0 Å². The van der Waals surface area contributed by atoms with Gasteiger partial charge in [0.25, 0.3) is 5.91 Å². The van der Waals surface area contributed by atoms with Gasteiger partial charge in [-0.05, 0) is 38.5 Å². The fraction of sp³-hybridized carbons (Fsp3) is 0.467. The third kappa shape index (κ3) is 4.19. The molecule has 0 heterocycles. The number of ether oxygens (including phenoxy) is 1. The van der Waals surface area contributed by atoms with Gasteiger partial charge in [0.1, 0.15) is 5.75 Å². The van der Waals surface area contributed by atoms with Crippen molar-refractivity contribution in [2.24, 2.45) is 11.1 Å². The highest BCUT2D eigenvalue weighted by Crippen LogP contribution is 2.23. The summed E-state index contributed by atoms with van der Waals surface area (Å²) in [7, 11) is 1.54. The van der Waals surface area contributed by atoms with Crippen molar-refractivity contribution in [3.63, 3.8) is 0 Å². The van der Waals surface area contributed by atoms with Gasteiger partial charge in [-0.25, -0.2) is 0 Å². The smallest absolute Gasteiger partial charge is 0.252 e. The number of carbonyl (C=O) groups excluding carboxylic acids is 2. The Kier molecular flexibility index (Phi) is 5.32. The molecule has 0 radical (unpaired) electrons. The Morgan fingerprint density at radius 1 is 1.43 bits per heavy atom. The number of nitrogens with two attached hydrogens (primary N) is 1. The van der Waals surface area contributed by atoms with Crippen molar-refractivity contribution >= 4 is 11.8 Å². The molecule has 0 fully saturated rings. The molecule has 0 aliphatic rings.